The number of aryl methyl sites for hydroxylation is 1. The number of rotatable bonds is 2. The second-order valence-electron chi connectivity index (χ2n) is 2.59. The maximum atomic E-state index is 11.0. The van der Waals surface area contributed by atoms with Crippen LogP contribution in [0.25, 0.3) is 0 Å². The molecule has 0 bridgehead atoms. The number of thioether (sulfide) groups is 1. The van der Waals surface area contributed by atoms with E-state index in [-0.39, 0.29) is 5.56 Å². The van der Waals surface area contributed by atoms with Gasteiger partial charge in [0.25, 0.3) is 5.56 Å². The fourth-order valence-corrected chi connectivity index (χ4v) is 1.58. The van der Waals surface area contributed by atoms with Crippen molar-refractivity contribution >= 4 is 11.8 Å². The van der Waals surface area contributed by atoms with Gasteiger partial charge in [0.15, 0.2) is 0 Å². The molecule has 1 heterocycles. The van der Waals surface area contributed by atoms with Gasteiger partial charge in [-0.3, -0.25) is 4.79 Å². The van der Waals surface area contributed by atoms with Gasteiger partial charge in [-0.1, -0.05) is 13.8 Å². The molecule has 0 saturated carbocycles. The van der Waals surface area contributed by atoms with Crippen LogP contribution in [-0.4, -0.2) is 10.4 Å². The molecule has 11 heavy (non-hydrogen) atoms. The molecule has 62 valence electrons. The predicted molar refractivity (Wildman–Crippen MR) is 45.1 cm³/mol. The molecule has 0 radical (unpaired) electrons. The van der Waals surface area contributed by atoms with E-state index in [1.54, 1.807) is 6.92 Å². The van der Waals surface area contributed by atoms with Crippen LogP contribution in [0, 0.1) is 6.92 Å². The second-order valence-corrected chi connectivity index (χ2v) is 4.17. The van der Waals surface area contributed by atoms with E-state index < -0.39 is 0 Å². The Balaban J connectivity index is 2.92. The van der Waals surface area contributed by atoms with Crippen LogP contribution >= 0.6 is 11.8 Å². The molecule has 0 atom stereocenters. The highest BCUT2D eigenvalue weighted by Crippen LogP contribution is 2.21. The van der Waals surface area contributed by atoms with Crippen LogP contribution in [0.2, 0.25) is 0 Å². The first-order valence-electron chi connectivity index (χ1n) is 3.46. The summed E-state index contributed by atoms with van der Waals surface area (Å²) in [5.74, 6) is 0.675. The molecule has 4 heteroatoms. The van der Waals surface area contributed by atoms with E-state index in [2.05, 4.69) is 5.16 Å². The highest BCUT2D eigenvalue weighted by Gasteiger charge is 2.09. The predicted octanol–water partition coefficient (Wildman–Crippen LogP) is 1.78. The number of aromatic amines is 1. The van der Waals surface area contributed by atoms with Crippen molar-refractivity contribution in [1.82, 2.24) is 5.16 Å². The summed E-state index contributed by atoms with van der Waals surface area (Å²) in [7, 11) is 0. The molecule has 1 rings (SSSR count). The third-order valence-corrected chi connectivity index (χ3v) is 2.36. The zero-order chi connectivity index (χ0) is 8.43. The lowest BCUT2D eigenvalue weighted by atomic mass is 10.5. The van der Waals surface area contributed by atoms with Crippen LogP contribution in [0.3, 0.4) is 0 Å². The first-order chi connectivity index (χ1) is 5.11. The normalized spacial score (nSPS) is 10.9. The molecule has 1 aromatic heterocycles. The summed E-state index contributed by atoms with van der Waals surface area (Å²) >= 11 is 1.52. The van der Waals surface area contributed by atoms with Gasteiger partial charge in [0, 0.05) is 5.25 Å². The third-order valence-electron chi connectivity index (χ3n) is 1.18. The van der Waals surface area contributed by atoms with Gasteiger partial charge in [0.2, 0.25) is 0 Å². The highest BCUT2D eigenvalue weighted by molar-refractivity contribution is 7.99. The summed E-state index contributed by atoms with van der Waals surface area (Å²) in [6.45, 7) is 5.86. The largest absolute Gasteiger partial charge is 0.383 e. The van der Waals surface area contributed by atoms with Crippen LogP contribution in [0.1, 0.15) is 19.6 Å². The van der Waals surface area contributed by atoms with Crippen LogP contribution in [-0.2, 0) is 0 Å². The SMILES string of the molecule is Cc1o[nH]c(=O)c1SC(C)C. The number of aromatic nitrogens is 1. The van der Waals surface area contributed by atoms with Crippen molar-refractivity contribution in [3.63, 3.8) is 0 Å². The van der Waals surface area contributed by atoms with Gasteiger partial charge < -0.3 is 4.52 Å². The smallest absolute Gasteiger partial charge is 0.293 e. The molecule has 0 saturated heterocycles. The molecular weight excluding hydrogens is 162 g/mol. The number of nitrogens with one attached hydrogen (secondary N) is 1. The minimum Gasteiger partial charge on any atom is -0.383 e. The minimum absolute atomic E-state index is 0.124. The summed E-state index contributed by atoms with van der Waals surface area (Å²) in [5.41, 5.74) is -0.124. The van der Waals surface area contributed by atoms with Crippen LogP contribution in [0.15, 0.2) is 14.2 Å². The fourth-order valence-electron chi connectivity index (χ4n) is 0.748. The van der Waals surface area contributed by atoms with Gasteiger partial charge in [0.1, 0.15) is 10.7 Å². The molecule has 0 unspecified atom stereocenters. The lowest BCUT2D eigenvalue weighted by Crippen LogP contribution is -2.02. The highest BCUT2D eigenvalue weighted by atomic mass is 32.2. The van der Waals surface area contributed by atoms with E-state index in [1.165, 1.54) is 11.8 Å². The van der Waals surface area contributed by atoms with Gasteiger partial charge >= 0.3 is 0 Å². The molecule has 0 aliphatic carbocycles. The Bertz CT molecular complexity index is 287. The Morgan fingerprint density at radius 1 is 1.55 bits per heavy atom. The Morgan fingerprint density at radius 2 is 2.18 bits per heavy atom. The van der Waals surface area contributed by atoms with E-state index in [9.17, 15) is 4.79 Å². The Labute approximate surface area is 69.1 Å². The second kappa shape index (κ2) is 3.17. The van der Waals surface area contributed by atoms with Gasteiger partial charge in [-0.15, -0.1) is 11.8 Å². The fraction of sp³-hybridized carbons (Fsp3) is 0.571. The summed E-state index contributed by atoms with van der Waals surface area (Å²) in [4.78, 5) is 11.7. The standard InChI is InChI=1S/C7H11NO2S/c1-4(2)11-6-5(3)10-8-7(6)9/h4H,1-3H3,(H,8,9). The molecule has 0 aliphatic rings. The molecule has 0 aliphatic heterocycles. The van der Waals surface area contributed by atoms with Crippen molar-refractivity contribution in [2.75, 3.05) is 0 Å². The van der Waals surface area contributed by atoms with Crippen molar-refractivity contribution in [2.24, 2.45) is 0 Å². The minimum atomic E-state index is -0.124. The zero-order valence-electron chi connectivity index (χ0n) is 6.80. The van der Waals surface area contributed by atoms with E-state index in [0.29, 0.717) is 15.9 Å². The topological polar surface area (TPSA) is 46.0 Å². The first kappa shape index (κ1) is 8.46. The van der Waals surface area contributed by atoms with Crippen molar-refractivity contribution in [1.29, 1.82) is 0 Å². The molecule has 0 aromatic carbocycles. The first-order valence-corrected chi connectivity index (χ1v) is 4.34. The molecule has 1 aromatic rings. The number of hydrogen-bond donors (Lipinski definition) is 1. The van der Waals surface area contributed by atoms with Crippen molar-refractivity contribution in [3.05, 3.63) is 16.1 Å². The van der Waals surface area contributed by atoms with Gasteiger partial charge in [0.05, 0.1) is 0 Å². The van der Waals surface area contributed by atoms with Gasteiger partial charge in [-0.2, -0.15) is 5.16 Å². The van der Waals surface area contributed by atoms with Crippen molar-refractivity contribution in [2.45, 2.75) is 30.9 Å². The molecule has 3 nitrogen and oxygen atoms in total. The summed E-state index contributed by atoms with van der Waals surface area (Å²) in [6, 6.07) is 0. The van der Waals surface area contributed by atoms with Gasteiger partial charge in [-0.25, -0.2) is 0 Å². The van der Waals surface area contributed by atoms with E-state index in [4.69, 9.17) is 4.52 Å². The van der Waals surface area contributed by atoms with Crippen molar-refractivity contribution in [3.8, 4) is 0 Å². The van der Waals surface area contributed by atoms with Gasteiger partial charge in [-0.05, 0) is 6.92 Å². The molecular formula is C7H11NO2S. The monoisotopic (exact) mass is 173 g/mol. The van der Waals surface area contributed by atoms with E-state index in [1.807, 2.05) is 13.8 Å². The Morgan fingerprint density at radius 3 is 2.55 bits per heavy atom. The van der Waals surface area contributed by atoms with Crippen LogP contribution in [0.4, 0.5) is 0 Å². The lowest BCUT2D eigenvalue weighted by molar-refractivity contribution is 0.390. The van der Waals surface area contributed by atoms with Crippen molar-refractivity contribution < 1.29 is 4.52 Å². The number of H-pyrrole nitrogens is 1. The Kier molecular flexibility index (Phi) is 2.44. The number of hydrogen-bond acceptors (Lipinski definition) is 3. The summed E-state index contributed by atoms with van der Waals surface area (Å²) < 4.78 is 4.84. The quantitative estimate of drug-likeness (QED) is 0.693. The van der Waals surface area contributed by atoms with Crippen LogP contribution in [0.5, 0.6) is 0 Å². The zero-order valence-corrected chi connectivity index (χ0v) is 7.62. The lowest BCUT2D eigenvalue weighted by Gasteiger charge is -1.98. The summed E-state index contributed by atoms with van der Waals surface area (Å²) in [5, 5.41) is 2.70. The van der Waals surface area contributed by atoms with E-state index in [0.717, 1.165) is 0 Å². The maximum Gasteiger partial charge on any atom is 0.293 e. The Hall–Kier alpha value is -0.640. The molecule has 0 amide bonds. The molecule has 1 N–H and O–H groups in total. The maximum absolute atomic E-state index is 11.0. The molecule has 0 fully saturated rings. The van der Waals surface area contributed by atoms with E-state index >= 15 is 0 Å². The molecule has 0 spiro atoms. The van der Waals surface area contributed by atoms with Crippen LogP contribution < -0.4 is 5.56 Å². The summed E-state index contributed by atoms with van der Waals surface area (Å²) in [6.07, 6.45) is 0. The average Bonchev–Trinajstić information content (AvgIpc) is 2.18. The third kappa shape index (κ3) is 1.89. The average molecular weight is 173 g/mol.